The van der Waals surface area contributed by atoms with Gasteiger partial charge in [0.1, 0.15) is 5.76 Å². The van der Waals surface area contributed by atoms with E-state index in [0.717, 1.165) is 5.57 Å². The number of rotatable bonds is 2. The molecule has 0 saturated carbocycles. The maximum Gasteiger partial charge on any atom is 0.394 e. The lowest BCUT2D eigenvalue weighted by Gasteiger charge is -2.19. The summed E-state index contributed by atoms with van der Waals surface area (Å²) < 4.78 is 9.76. The van der Waals surface area contributed by atoms with Crippen LogP contribution in [-0.4, -0.2) is 11.5 Å². The van der Waals surface area contributed by atoms with E-state index in [4.69, 9.17) is 13.9 Å². The Morgan fingerprint density at radius 1 is 1.45 bits per heavy atom. The topological polar surface area (TPSA) is 38.7 Å². The van der Waals surface area contributed by atoms with Gasteiger partial charge in [-0.3, -0.25) is 4.52 Å². The van der Waals surface area contributed by atoms with E-state index in [1.807, 2.05) is 0 Å². The van der Waals surface area contributed by atoms with Crippen molar-refractivity contribution < 1.29 is 13.9 Å². The largest absolute Gasteiger partial charge is 0.427 e. The zero-order valence-corrected chi connectivity index (χ0v) is 6.88. The van der Waals surface area contributed by atoms with Gasteiger partial charge >= 0.3 is 8.60 Å². The molecule has 1 rings (SSSR count). The summed E-state index contributed by atoms with van der Waals surface area (Å²) in [5.41, 5.74) is 0.813. The van der Waals surface area contributed by atoms with E-state index in [1.54, 1.807) is 6.08 Å². The molecule has 1 atom stereocenters. The van der Waals surface area contributed by atoms with Crippen LogP contribution in [0.1, 0.15) is 0 Å². The van der Waals surface area contributed by atoms with Crippen LogP contribution in [0.5, 0.6) is 0 Å². The molecule has 1 N–H and O–H groups in total. The third kappa shape index (κ3) is 1.90. The summed E-state index contributed by atoms with van der Waals surface area (Å²) in [5.74, 6) is 0.555. The number of allylic oxidation sites excluding steroid dienone is 1. The maximum atomic E-state index is 8.93. The fraction of sp³-hybridized carbons (Fsp3) is 0.143. The van der Waals surface area contributed by atoms with Crippen LogP contribution in [0.15, 0.2) is 36.6 Å². The van der Waals surface area contributed by atoms with Gasteiger partial charge in [-0.25, -0.2) is 0 Å². The third-order valence-electron chi connectivity index (χ3n) is 1.26. The Bertz CT molecular complexity index is 210. The van der Waals surface area contributed by atoms with Gasteiger partial charge in [-0.1, -0.05) is 19.2 Å². The molecule has 0 spiro atoms. The average molecular weight is 172 g/mol. The van der Waals surface area contributed by atoms with Crippen LogP contribution in [0, 0.1) is 0 Å². The van der Waals surface area contributed by atoms with Crippen LogP contribution in [0.2, 0.25) is 0 Å². The monoisotopic (exact) mass is 172 g/mol. The van der Waals surface area contributed by atoms with Gasteiger partial charge in [0.25, 0.3) is 0 Å². The summed E-state index contributed by atoms with van der Waals surface area (Å²) in [6.45, 7) is 7.44. The minimum atomic E-state index is -1.75. The molecule has 0 aromatic heterocycles. The van der Waals surface area contributed by atoms with Crippen LogP contribution in [0.3, 0.4) is 0 Å². The first kappa shape index (κ1) is 8.47. The molecule has 3 nitrogen and oxygen atoms in total. The van der Waals surface area contributed by atoms with Crippen molar-refractivity contribution >= 4 is 8.60 Å². The van der Waals surface area contributed by atoms with Gasteiger partial charge in [0, 0.05) is 5.57 Å². The minimum Gasteiger partial charge on any atom is -0.427 e. The molecule has 1 aliphatic rings. The summed E-state index contributed by atoms with van der Waals surface area (Å²) in [6.07, 6.45) is 3.16. The van der Waals surface area contributed by atoms with E-state index in [2.05, 4.69) is 13.2 Å². The fourth-order valence-electron chi connectivity index (χ4n) is 0.693. The summed E-state index contributed by atoms with van der Waals surface area (Å²) in [5, 5.41) is 0. The second kappa shape index (κ2) is 3.67. The van der Waals surface area contributed by atoms with Gasteiger partial charge in [-0.05, 0) is 6.08 Å². The average Bonchev–Trinajstić information content (AvgIpc) is 2.04. The van der Waals surface area contributed by atoms with E-state index in [0.29, 0.717) is 12.4 Å². The minimum absolute atomic E-state index is 0.340. The van der Waals surface area contributed by atoms with E-state index >= 15 is 0 Å². The summed E-state index contributed by atoms with van der Waals surface area (Å²) in [6, 6.07) is 0. The molecule has 0 saturated heterocycles. The third-order valence-corrected chi connectivity index (χ3v) is 1.96. The second-order valence-corrected chi connectivity index (χ2v) is 2.82. The molecular weight excluding hydrogens is 163 g/mol. The maximum absolute atomic E-state index is 8.93. The van der Waals surface area contributed by atoms with Crippen molar-refractivity contribution in [1.82, 2.24) is 0 Å². The molecule has 1 aliphatic heterocycles. The van der Waals surface area contributed by atoms with Crippen LogP contribution in [-0.2, 0) is 9.05 Å². The molecule has 1 heterocycles. The summed E-state index contributed by atoms with van der Waals surface area (Å²) >= 11 is 0. The number of hydrogen-bond donors (Lipinski definition) is 1. The van der Waals surface area contributed by atoms with E-state index < -0.39 is 8.60 Å². The van der Waals surface area contributed by atoms with Crippen LogP contribution in [0.4, 0.5) is 0 Å². The van der Waals surface area contributed by atoms with Crippen molar-refractivity contribution in [3.8, 4) is 0 Å². The van der Waals surface area contributed by atoms with E-state index in [-0.39, 0.29) is 0 Å². The molecule has 0 aromatic carbocycles. The first-order chi connectivity index (χ1) is 5.27. The lowest BCUT2D eigenvalue weighted by atomic mass is 10.2. The van der Waals surface area contributed by atoms with Crippen molar-refractivity contribution in [2.45, 2.75) is 0 Å². The van der Waals surface area contributed by atoms with Crippen molar-refractivity contribution in [2.75, 3.05) is 6.61 Å². The summed E-state index contributed by atoms with van der Waals surface area (Å²) in [7, 11) is -1.75. The van der Waals surface area contributed by atoms with Gasteiger partial charge in [0.05, 0.1) is 6.61 Å². The van der Waals surface area contributed by atoms with Gasteiger partial charge < -0.3 is 9.42 Å². The second-order valence-electron chi connectivity index (χ2n) is 1.90. The first-order valence-corrected chi connectivity index (χ1v) is 4.19. The standard InChI is InChI=1S/C7H9O3P/c1-3-6-5-9-11(8)10-7(6)4-2/h3-4,8H,1-2,5H2. The van der Waals surface area contributed by atoms with Crippen molar-refractivity contribution in [2.24, 2.45) is 0 Å². The van der Waals surface area contributed by atoms with Gasteiger partial charge in [-0.15, -0.1) is 0 Å². The van der Waals surface area contributed by atoms with Gasteiger partial charge in [0.15, 0.2) is 0 Å². The van der Waals surface area contributed by atoms with Crippen LogP contribution < -0.4 is 0 Å². The van der Waals surface area contributed by atoms with Gasteiger partial charge in [-0.2, -0.15) is 0 Å². The predicted molar refractivity (Wildman–Crippen MR) is 43.6 cm³/mol. The highest BCUT2D eigenvalue weighted by molar-refractivity contribution is 7.40. The molecule has 4 heteroatoms. The Hall–Kier alpha value is -0.630. The smallest absolute Gasteiger partial charge is 0.394 e. The van der Waals surface area contributed by atoms with E-state index in [9.17, 15) is 0 Å². The SMILES string of the molecule is C=CC1=C(C=C)OP(O)OC1. The van der Waals surface area contributed by atoms with Crippen molar-refractivity contribution in [3.05, 3.63) is 36.6 Å². The Morgan fingerprint density at radius 2 is 2.18 bits per heavy atom. The zero-order valence-electron chi connectivity index (χ0n) is 5.99. The highest BCUT2D eigenvalue weighted by Gasteiger charge is 2.18. The van der Waals surface area contributed by atoms with Crippen LogP contribution >= 0.6 is 8.60 Å². The fourth-order valence-corrected chi connectivity index (χ4v) is 1.36. The molecule has 0 amide bonds. The zero-order chi connectivity index (χ0) is 8.27. The summed E-state index contributed by atoms with van der Waals surface area (Å²) in [4.78, 5) is 8.93. The van der Waals surface area contributed by atoms with E-state index in [1.165, 1.54) is 6.08 Å². The van der Waals surface area contributed by atoms with Gasteiger partial charge in [0.2, 0.25) is 0 Å². The van der Waals surface area contributed by atoms with Crippen molar-refractivity contribution in [3.63, 3.8) is 0 Å². The number of hydrogen-bond acceptors (Lipinski definition) is 3. The normalized spacial score (nSPS) is 24.3. The lowest BCUT2D eigenvalue weighted by Crippen LogP contribution is -2.04. The predicted octanol–water partition coefficient (Wildman–Crippen LogP) is 1.88. The Kier molecular flexibility index (Phi) is 2.83. The lowest BCUT2D eigenvalue weighted by molar-refractivity contribution is 0.231. The molecule has 60 valence electrons. The molecule has 11 heavy (non-hydrogen) atoms. The quantitative estimate of drug-likeness (QED) is 0.646. The Balaban J connectivity index is 2.82. The van der Waals surface area contributed by atoms with Crippen LogP contribution in [0.25, 0.3) is 0 Å². The highest BCUT2D eigenvalue weighted by Crippen LogP contribution is 2.41. The molecule has 0 aliphatic carbocycles. The molecule has 0 bridgehead atoms. The first-order valence-electron chi connectivity index (χ1n) is 3.06. The molecular formula is C7H9O3P. The molecule has 1 unspecified atom stereocenters. The molecule has 0 fully saturated rings. The Morgan fingerprint density at radius 3 is 2.73 bits per heavy atom. The Labute approximate surface area is 66.6 Å². The molecule has 0 radical (unpaired) electrons. The molecule has 0 aromatic rings. The van der Waals surface area contributed by atoms with Crippen molar-refractivity contribution in [1.29, 1.82) is 0 Å². The highest BCUT2D eigenvalue weighted by atomic mass is 31.2.